The van der Waals surface area contributed by atoms with Crippen LogP contribution in [0.3, 0.4) is 0 Å². The summed E-state index contributed by atoms with van der Waals surface area (Å²) in [7, 11) is 0. The van der Waals surface area contributed by atoms with E-state index >= 15 is 0 Å². The molecule has 4 heteroatoms. The molecule has 0 aliphatic heterocycles. The standard InChI is InChI=1S/C12H18N2O2/c13-9-11-5-2-1-4-10(11)8-12(16)14-6-3-7-15/h1-2,4-5,15H,3,6-9,13H2,(H,14,16). The van der Waals surface area contributed by atoms with Gasteiger partial charge in [-0.3, -0.25) is 4.79 Å². The van der Waals surface area contributed by atoms with Gasteiger partial charge in [0.25, 0.3) is 0 Å². The van der Waals surface area contributed by atoms with E-state index in [1.165, 1.54) is 0 Å². The van der Waals surface area contributed by atoms with E-state index in [0.717, 1.165) is 11.1 Å². The van der Waals surface area contributed by atoms with Gasteiger partial charge in [0.2, 0.25) is 5.91 Å². The summed E-state index contributed by atoms with van der Waals surface area (Å²) in [4.78, 5) is 11.5. The molecule has 4 N–H and O–H groups in total. The Hall–Kier alpha value is -1.39. The fourth-order valence-electron chi connectivity index (χ4n) is 1.47. The predicted octanol–water partition coefficient (Wildman–Crippen LogP) is 0.186. The molecule has 0 fully saturated rings. The van der Waals surface area contributed by atoms with E-state index in [1.807, 2.05) is 24.3 Å². The molecule has 1 aromatic carbocycles. The third-order valence-corrected chi connectivity index (χ3v) is 2.35. The average molecular weight is 222 g/mol. The Kier molecular flexibility index (Phi) is 5.53. The lowest BCUT2D eigenvalue weighted by molar-refractivity contribution is -0.120. The van der Waals surface area contributed by atoms with Gasteiger partial charge in [-0.2, -0.15) is 0 Å². The first-order chi connectivity index (χ1) is 7.77. The molecule has 0 unspecified atom stereocenters. The quantitative estimate of drug-likeness (QED) is 0.601. The van der Waals surface area contributed by atoms with Gasteiger partial charge in [-0.05, 0) is 17.5 Å². The second-order valence-corrected chi connectivity index (χ2v) is 3.58. The summed E-state index contributed by atoms with van der Waals surface area (Å²) in [6, 6.07) is 7.65. The number of benzene rings is 1. The minimum Gasteiger partial charge on any atom is -0.396 e. The maximum Gasteiger partial charge on any atom is 0.224 e. The van der Waals surface area contributed by atoms with E-state index in [1.54, 1.807) is 0 Å². The summed E-state index contributed by atoms with van der Waals surface area (Å²) in [5.74, 6) is -0.0330. The SMILES string of the molecule is NCc1ccccc1CC(=O)NCCCO. The van der Waals surface area contributed by atoms with Crippen LogP contribution in [0.15, 0.2) is 24.3 Å². The van der Waals surface area contributed by atoms with Gasteiger partial charge in [-0.1, -0.05) is 24.3 Å². The smallest absolute Gasteiger partial charge is 0.224 e. The van der Waals surface area contributed by atoms with Crippen molar-refractivity contribution in [3.63, 3.8) is 0 Å². The number of hydrogen-bond acceptors (Lipinski definition) is 3. The molecule has 0 aliphatic carbocycles. The number of nitrogens with two attached hydrogens (primary N) is 1. The highest BCUT2D eigenvalue weighted by atomic mass is 16.3. The van der Waals surface area contributed by atoms with E-state index in [4.69, 9.17) is 10.8 Å². The van der Waals surface area contributed by atoms with Gasteiger partial charge in [-0.15, -0.1) is 0 Å². The number of nitrogens with one attached hydrogen (secondary N) is 1. The largest absolute Gasteiger partial charge is 0.396 e. The molecule has 0 spiro atoms. The van der Waals surface area contributed by atoms with Crippen LogP contribution in [0.2, 0.25) is 0 Å². The lowest BCUT2D eigenvalue weighted by Gasteiger charge is -2.07. The molecule has 88 valence electrons. The summed E-state index contributed by atoms with van der Waals surface area (Å²) >= 11 is 0. The van der Waals surface area contributed by atoms with Gasteiger partial charge in [0, 0.05) is 19.7 Å². The van der Waals surface area contributed by atoms with Crippen LogP contribution in [0.5, 0.6) is 0 Å². The first kappa shape index (κ1) is 12.7. The first-order valence-corrected chi connectivity index (χ1v) is 5.42. The average Bonchev–Trinajstić information content (AvgIpc) is 2.30. The number of rotatable bonds is 6. The van der Waals surface area contributed by atoms with Gasteiger partial charge in [-0.25, -0.2) is 0 Å². The molecule has 0 radical (unpaired) electrons. The summed E-state index contributed by atoms with van der Waals surface area (Å²) < 4.78 is 0. The second-order valence-electron chi connectivity index (χ2n) is 3.58. The van der Waals surface area contributed by atoms with Crippen molar-refractivity contribution in [2.45, 2.75) is 19.4 Å². The van der Waals surface area contributed by atoms with Crippen LogP contribution < -0.4 is 11.1 Å². The molecule has 0 saturated heterocycles. The molecule has 0 atom stereocenters. The van der Waals surface area contributed by atoms with Gasteiger partial charge in [0.15, 0.2) is 0 Å². The molecule has 0 aromatic heterocycles. The van der Waals surface area contributed by atoms with E-state index in [0.29, 0.717) is 25.9 Å². The number of hydrogen-bond donors (Lipinski definition) is 3. The number of carbonyl (C=O) groups is 1. The van der Waals surface area contributed by atoms with Crippen molar-refractivity contribution >= 4 is 5.91 Å². The third kappa shape index (κ3) is 4.00. The Bertz CT molecular complexity index is 340. The molecule has 0 bridgehead atoms. The van der Waals surface area contributed by atoms with E-state index in [2.05, 4.69) is 5.32 Å². The monoisotopic (exact) mass is 222 g/mol. The Labute approximate surface area is 95.5 Å². The van der Waals surface area contributed by atoms with Crippen molar-refractivity contribution in [3.8, 4) is 0 Å². The van der Waals surface area contributed by atoms with Crippen molar-refractivity contribution in [3.05, 3.63) is 35.4 Å². The molecule has 1 rings (SSSR count). The molecule has 4 nitrogen and oxygen atoms in total. The predicted molar refractivity (Wildman–Crippen MR) is 62.7 cm³/mol. The Balaban J connectivity index is 2.49. The highest BCUT2D eigenvalue weighted by molar-refractivity contribution is 5.78. The lowest BCUT2D eigenvalue weighted by atomic mass is 10.0. The first-order valence-electron chi connectivity index (χ1n) is 5.42. The maximum absolute atomic E-state index is 11.5. The molecule has 16 heavy (non-hydrogen) atoms. The van der Waals surface area contributed by atoms with Crippen LogP contribution in [0.1, 0.15) is 17.5 Å². The van der Waals surface area contributed by atoms with Crippen molar-refractivity contribution < 1.29 is 9.90 Å². The zero-order chi connectivity index (χ0) is 11.8. The van der Waals surface area contributed by atoms with Crippen molar-refractivity contribution in [2.24, 2.45) is 5.73 Å². The molecule has 1 aromatic rings. The second kappa shape index (κ2) is 6.98. The van der Waals surface area contributed by atoms with Crippen LogP contribution in [0, 0.1) is 0 Å². The normalized spacial score (nSPS) is 10.1. The van der Waals surface area contributed by atoms with Crippen molar-refractivity contribution in [2.75, 3.05) is 13.2 Å². The Morgan fingerprint density at radius 3 is 2.62 bits per heavy atom. The van der Waals surface area contributed by atoms with Crippen LogP contribution in [-0.2, 0) is 17.8 Å². The van der Waals surface area contributed by atoms with E-state index in [-0.39, 0.29) is 12.5 Å². The van der Waals surface area contributed by atoms with Crippen LogP contribution in [-0.4, -0.2) is 24.2 Å². The summed E-state index contributed by atoms with van der Waals surface area (Å²) in [5, 5.41) is 11.3. The topological polar surface area (TPSA) is 75.4 Å². The molecule has 0 aliphatic rings. The van der Waals surface area contributed by atoms with Crippen molar-refractivity contribution in [1.82, 2.24) is 5.32 Å². The fraction of sp³-hybridized carbons (Fsp3) is 0.417. The van der Waals surface area contributed by atoms with Crippen molar-refractivity contribution in [1.29, 1.82) is 0 Å². The minimum atomic E-state index is -0.0330. The number of aliphatic hydroxyl groups is 1. The molecular weight excluding hydrogens is 204 g/mol. The summed E-state index contributed by atoms with van der Waals surface area (Å²) in [5.41, 5.74) is 7.55. The van der Waals surface area contributed by atoms with E-state index < -0.39 is 0 Å². The number of aliphatic hydroxyl groups excluding tert-OH is 1. The molecule has 0 saturated carbocycles. The van der Waals surface area contributed by atoms with Gasteiger partial charge in [0.05, 0.1) is 6.42 Å². The zero-order valence-corrected chi connectivity index (χ0v) is 9.28. The third-order valence-electron chi connectivity index (χ3n) is 2.35. The minimum absolute atomic E-state index is 0.0330. The molecule has 1 amide bonds. The van der Waals surface area contributed by atoms with Gasteiger partial charge in [0.1, 0.15) is 0 Å². The Morgan fingerprint density at radius 2 is 2.00 bits per heavy atom. The van der Waals surface area contributed by atoms with Gasteiger partial charge < -0.3 is 16.2 Å². The maximum atomic E-state index is 11.5. The van der Waals surface area contributed by atoms with Crippen LogP contribution in [0.4, 0.5) is 0 Å². The van der Waals surface area contributed by atoms with Gasteiger partial charge >= 0.3 is 0 Å². The lowest BCUT2D eigenvalue weighted by Crippen LogP contribution is -2.27. The highest BCUT2D eigenvalue weighted by Crippen LogP contribution is 2.08. The van der Waals surface area contributed by atoms with Crippen LogP contribution >= 0.6 is 0 Å². The summed E-state index contributed by atoms with van der Waals surface area (Å²) in [6.07, 6.45) is 0.934. The van der Waals surface area contributed by atoms with E-state index in [9.17, 15) is 4.79 Å². The number of carbonyl (C=O) groups excluding carboxylic acids is 1. The summed E-state index contributed by atoms with van der Waals surface area (Å²) in [6.45, 7) is 1.06. The number of amides is 1. The molecular formula is C12H18N2O2. The fourth-order valence-corrected chi connectivity index (χ4v) is 1.47. The van der Waals surface area contributed by atoms with Crippen LogP contribution in [0.25, 0.3) is 0 Å². The highest BCUT2D eigenvalue weighted by Gasteiger charge is 2.05. The zero-order valence-electron chi connectivity index (χ0n) is 9.28. The molecule has 0 heterocycles. The Morgan fingerprint density at radius 1 is 1.31 bits per heavy atom.